The second-order valence-electron chi connectivity index (χ2n) is 5.15. The Kier molecular flexibility index (Phi) is 5.55. The molecular formula is C17H23N3O. The van der Waals surface area contributed by atoms with E-state index < -0.39 is 0 Å². The van der Waals surface area contributed by atoms with Gasteiger partial charge in [0.05, 0.1) is 0 Å². The highest BCUT2D eigenvalue weighted by atomic mass is 16.5. The largest absolute Gasteiger partial charge is 0.439 e. The first-order valence-corrected chi connectivity index (χ1v) is 7.61. The molecule has 0 atom stereocenters. The van der Waals surface area contributed by atoms with E-state index >= 15 is 0 Å². The Morgan fingerprint density at radius 1 is 1.00 bits per heavy atom. The maximum atomic E-state index is 5.79. The Hall–Kier alpha value is -2.10. The Morgan fingerprint density at radius 3 is 2.43 bits per heavy atom. The number of anilines is 1. The molecule has 0 amide bonds. The molecule has 2 aromatic rings. The number of hydrogen-bond acceptors (Lipinski definition) is 4. The van der Waals surface area contributed by atoms with Crippen molar-refractivity contribution < 1.29 is 4.74 Å². The molecule has 0 saturated carbocycles. The van der Waals surface area contributed by atoms with Gasteiger partial charge in [-0.2, -0.15) is 4.98 Å². The fraction of sp³-hybridized carbons (Fsp3) is 0.412. The van der Waals surface area contributed by atoms with Crippen LogP contribution in [0.4, 0.5) is 5.82 Å². The van der Waals surface area contributed by atoms with Crippen LogP contribution in [0.15, 0.2) is 30.3 Å². The molecule has 0 aliphatic carbocycles. The summed E-state index contributed by atoms with van der Waals surface area (Å²) in [4.78, 5) is 8.58. The minimum atomic E-state index is 0.447. The molecule has 0 bridgehead atoms. The summed E-state index contributed by atoms with van der Waals surface area (Å²) in [5, 5.41) is 0. The van der Waals surface area contributed by atoms with E-state index in [9.17, 15) is 0 Å². The molecule has 0 spiro atoms. The third-order valence-electron chi connectivity index (χ3n) is 3.21. The SMILES string of the molecule is CCCCc1ccc(Oc2cc(N)nc(CCC)n2)cc1. The zero-order valence-corrected chi connectivity index (χ0v) is 12.8. The van der Waals surface area contributed by atoms with Gasteiger partial charge in [-0.05, 0) is 37.0 Å². The van der Waals surface area contributed by atoms with Crippen LogP contribution >= 0.6 is 0 Å². The third kappa shape index (κ3) is 4.74. The first-order chi connectivity index (χ1) is 10.2. The lowest BCUT2D eigenvalue weighted by Gasteiger charge is -2.08. The molecule has 0 aliphatic rings. The second kappa shape index (κ2) is 7.62. The topological polar surface area (TPSA) is 61.0 Å². The summed E-state index contributed by atoms with van der Waals surface area (Å²) in [6.45, 7) is 4.28. The number of ether oxygens (including phenoxy) is 1. The Bertz CT molecular complexity index is 567. The molecule has 1 heterocycles. The van der Waals surface area contributed by atoms with Gasteiger partial charge in [0.2, 0.25) is 5.88 Å². The van der Waals surface area contributed by atoms with Crippen LogP contribution in [0.3, 0.4) is 0 Å². The number of nitrogens with two attached hydrogens (primary N) is 1. The molecule has 2 N–H and O–H groups in total. The fourth-order valence-corrected chi connectivity index (χ4v) is 2.11. The van der Waals surface area contributed by atoms with Crippen LogP contribution in [-0.4, -0.2) is 9.97 Å². The van der Waals surface area contributed by atoms with Crippen molar-refractivity contribution in [2.75, 3.05) is 5.73 Å². The predicted octanol–water partition coefficient (Wildman–Crippen LogP) is 4.15. The van der Waals surface area contributed by atoms with Crippen molar-refractivity contribution in [2.45, 2.75) is 46.0 Å². The van der Waals surface area contributed by atoms with Crippen molar-refractivity contribution in [2.24, 2.45) is 0 Å². The Labute approximate surface area is 126 Å². The van der Waals surface area contributed by atoms with Gasteiger partial charge in [0.1, 0.15) is 17.4 Å². The third-order valence-corrected chi connectivity index (χ3v) is 3.21. The van der Waals surface area contributed by atoms with Gasteiger partial charge in [0.15, 0.2) is 0 Å². The van der Waals surface area contributed by atoms with Crippen molar-refractivity contribution in [3.8, 4) is 11.6 Å². The van der Waals surface area contributed by atoms with Gasteiger partial charge >= 0.3 is 0 Å². The highest BCUT2D eigenvalue weighted by molar-refractivity contribution is 5.36. The van der Waals surface area contributed by atoms with Crippen LogP contribution in [0.1, 0.15) is 44.5 Å². The second-order valence-corrected chi connectivity index (χ2v) is 5.15. The summed E-state index contributed by atoms with van der Waals surface area (Å²) in [5.74, 6) is 2.46. The van der Waals surface area contributed by atoms with Crippen LogP contribution in [0.2, 0.25) is 0 Å². The number of aromatic nitrogens is 2. The maximum Gasteiger partial charge on any atom is 0.224 e. The number of hydrogen-bond donors (Lipinski definition) is 1. The molecule has 0 fully saturated rings. The number of nitrogens with zero attached hydrogens (tertiary/aromatic N) is 2. The molecule has 0 radical (unpaired) electrons. The average molecular weight is 285 g/mol. The van der Waals surface area contributed by atoms with Crippen LogP contribution in [0.25, 0.3) is 0 Å². The van der Waals surface area contributed by atoms with Crippen molar-refractivity contribution in [1.29, 1.82) is 0 Å². The van der Waals surface area contributed by atoms with E-state index in [-0.39, 0.29) is 0 Å². The molecule has 0 unspecified atom stereocenters. The molecule has 21 heavy (non-hydrogen) atoms. The van der Waals surface area contributed by atoms with Gasteiger partial charge in [-0.25, -0.2) is 4.98 Å². The number of aryl methyl sites for hydroxylation is 2. The van der Waals surface area contributed by atoms with Crippen molar-refractivity contribution in [3.63, 3.8) is 0 Å². The maximum absolute atomic E-state index is 5.79. The van der Waals surface area contributed by atoms with Crippen molar-refractivity contribution in [3.05, 3.63) is 41.7 Å². The first-order valence-electron chi connectivity index (χ1n) is 7.61. The molecule has 1 aromatic heterocycles. The van der Waals surface area contributed by atoms with Crippen molar-refractivity contribution >= 4 is 5.82 Å². The number of unbranched alkanes of at least 4 members (excludes halogenated alkanes) is 1. The summed E-state index contributed by atoms with van der Waals surface area (Å²) in [5.41, 5.74) is 7.12. The Morgan fingerprint density at radius 2 is 1.76 bits per heavy atom. The molecule has 2 rings (SSSR count). The quantitative estimate of drug-likeness (QED) is 0.830. The lowest BCUT2D eigenvalue weighted by atomic mass is 10.1. The van der Waals surface area contributed by atoms with E-state index in [0.717, 1.165) is 30.8 Å². The molecule has 0 saturated heterocycles. The summed E-state index contributed by atoms with van der Waals surface area (Å²) in [6.07, 6.45) is 5.31. The van der Waals surface area contributed by atoms with Gasteiger partial charge in [0.25, 0.3) is 0 Å². The number of nitrogen functional groups attached to an aromatic ring is 1. The zero-order valence-electron chi connectivity index (χ0n) is 12.8. The highest BCUT2D eigenvalue weighted by Crippen LogP contribution is 2.22. The monoisotopic (exact) mass is 285 g/mol. The minimum Gasteiger partial charge on any atom is -0.439 e. The van der Waals surface area contributed by atoms with Gasteiger partial charge in [-0.15, -0.1) is 0 Å². The van der Waals surface area contributed by atoms with E-state index in [1.807, 2.05) is 12.1 Å². The number of benzene rings is 1. The first kappa shape index (κ1) is 15.3. The van der Waals surface area contributed by atoms with E-state index in [2.05, 4.69) is 35.9 Å². The molecule has 0 aliphatic heterocycles. The molecule has 1 aromatic carbocycles. The lowest BCUT2D eigenvalue weighted by Crippen LogP contribution is -2.01. The average Bonchev–Trinajstić information content (AvgIpc) is 2.46. The van der Waals surface area contributed by atoms with Gasteiger partial charge < -0.3 is 10.5 Å². The fourth-order valence-electron chi connectivity index (χ4n) is 2.11. The van der Waals surface area contributed by atoms with Crippen LogP contribution in [0, 0.1) is 0 Å². The van der Waals surface area contributed by atoms with E-state index in [0.29, 0.717) is 11.7 Å². The van der Waals surface area contributed by atoms with Crippen molar-refractivity contribution in [1.82, 2.24) is 9.97 Å². The van der Waals surface area contributed by atoms with Gasteiger partial charge in [0, 0.05) is 12.5 Å². The zero-order chi connectivity index (χ0) is 15.1. The van der Waals surface area contributed by atoms with E-state index in [1.165, 1.54) is 18.4 Å². The standard InChI is InChI=1S/C17H23N3O/c1-3-5-7-13-8-10-14(11-9-13)21-17-12-15(18)19-16(20-17)6-4-2/h8-12H,3-7H2,1-2H3,(H2,18,19,20). The van der Waals surface area contributed by atoms with Gasteiger partial charge in [-0.1, -0.05) is 32.4 Å². The van der Waals surface area contributed by atoms with E-state index in [4.69, 9.17) is 10.5 Å². The van der Waals surface area contributed by atoms with E-state index in [1.54, 1.807) is 6.07 Å². The summed E-state index contributed by atoms with van der Waals surface area (Å²) in [7, 11) is 0. The van der Waals surface area contributed by atoms with Crippen LogP contribution < -0.4 is 10.5 Å². The predicted molar refractivity (Wildman–Crippen MR) is 85.6 cm³/mol. The summed E-state index contributed by atoms with van der Waals surface area (Å²) in [6, 6.07) is 9.81. The molecular weight excluding hydrogens is 262 g/mol. The normalized spacial score (nSPS) is 10.6. The highest BCUT2D eigenvalue weighted by Gasteiger charge is 2.05. The minimum absolute atomic E-state index is 0.447. The summed E-state index contributed by atoms with van der Waals surface area (Å²) >= 11 is 0. The molecule has 112 valence electrons. The smallest absolute Gasteiger partial charge is 0.224 e. The number of rotatable bonds is 7. The van der Waals surface area contributed by atoms with Gasteiger partial charge in [-0.3, -0.25) is 0 Å². The summed E-state index contributed by atoms with van der Waals surface area (Å²) < 4.78 is 5.77. The molecule has 4 nitrogen and oxygen atoms in total. The van der Waals surface area contributed by atoms with Crippen LogP contribution in [0.5, 0.6) is 11.6 Å². The lowest BCUT2D eigenvalue weighted by molar-refractivity contribution is 0.458. The Balaban J connectivity index is 2.07. The molecule has 4 heteroatoms. The van der Waals surface area contributed by atoms with Crippen LogP contribution in [-0.2, 0) is 12.8 Å².